The third-order valence-electron chi connectivity index (χ3n) is 4.43. The first kappa shape index (κ1) is 15.5. The summed E-state index contributed by atoms with van der Waals surface area (Å²) in [7, 11) is 0. The van der Waals surface area contributed by atoms with E-state index in [9.17, 15) is 9.90 Å². The van der Waals surface area contributed by atoms with E-state index in [0.717, 1.165) is 25.0 Å². The molecular weight excluding hydrogens is 302 g/mol. The van der Waals surface area contributed by atoms with Gasteiger partial charge >= 0.3 is 0 Å². The van der Waals surface area contributed by atoms with Gasteiger partial charge in [-0.05, 0) is 31.9 Å². The van der Waals surface area contributed by atoms with Gasteiger partial charge in [0.05, 0.1) is 17.3 Å². The Bertz CT molecular complexity index is 731. The topological polar surface area (TPSA) is 57.8 Å². The quantitative estimate of drug-likeness (QED) is 0.940. The predicted molar refractivity (Wildman–Crippen MR) is 86.2 cm³/mol. The van der Waals surface area contributed by atoms with E-state index in [2.05, 4.69) is 16.8 Å². The summed E-state index contributed by atoms with van der Waals surface area (Å²) in [5, 5.41) is 10.1. The number of aliphatic hydroxyl groups is 1. The first-order chi connectivity index (χ1) is 10.6. The second kappa shape index (κ2) is 6.36. The van der Waals surface area contributed by atoms with Gasteiger partial charge in [0.25, 0.3) is 5.56 Å². The summed E-state index contributed by atoms with van der Waals surface area (Å²) in [5.74, 6) is 0. The van der Waals surface area contributed by atoms with Crippen molar-refractivity contribution in [3.63, 3.8) is 0 Å². The van der Waals surface area contributed by atoms with Crippen molar-refractivity contribution in [3.05, 3.63) is 45.5 Å². The molecule has 0 aliphatic carbocycles. The second-order valence-corrected chi connectivity index (χ2v) is 6.39. The van der Waals surface area contributed by atoms with Crippen molar-refractivity contribution in [2.24, 2.45) is 0 Å². The van der Waals surface area contributed by atoms with Gasteiger partial charge in [-0.3, -0.25) is 14.1 Å². The number of hydrogen-bond donors (Lipinski definition) is 1. The van der Waals surface area contributed by atoms with Gasteiger partial charge in [-0.2, -0.15) is 0 Å². The molecule has 118 valence electrons. The average Bonchev–Trinajstić information content (AvgIpc) is 2.50. The molecule has 1 saturated heterocycles. The molecule has 1 aliphatic rings. The molecule has 2 aromatic rings. The summed E-state index contributed by atoms with van der Waals surface area (Å²) in [6, 6.07) is 5.56. The zero-order chi connectivity index (χ0) is 15.7. The zero-order valence-electron chi connectivity index (χ0n) is 12.6. The van der Waals surface area contributed by atoms with Crippen LogP contribution in [0.2, 0.25) is 5.02 Å². The van der Waals surface area contributed by atoms with Gasteiger partial charge in [-0.1, -0.05) is 18.0 Å². The van der Waals surface area contributed by atoms with E-state index in [4.69, 9.17) is 11.6 Å². The molecule has 2 aromatic heterocycles. The summed E-state index contributed by atoms with van der Waals surface area (Å²) in [6.45, 7) is 2.89. The molecule has 6 heteroatoms. The van der Waals surface area contributed by atoms with Crippen molar-refractivity contribution in [2.45, 2.75) is 44.8 Å². The molecule has 1 N–H and O–H groups in total. The van der Waals surface area contributed by atoms with Gasteiger partial charge in [0, 0.05) is 30.9 Å². The second-order valence-electron chi connectivity index (χ2n) is 5.95. The fourth-order valence-corrected chi connectivity index (χ4v) is 3.38. The molecule has 3 heterocycles. The molecule has 22 heavy (non-hydrogen) atoms. The standard InChI is InChI=1S/C16H20ClN3O2/c1-11-3-2-4-14(10-21)19(11)9-13-7-16(22)20-8-12(17)5-6-15(20)18-13/h5-8,11,14,21H,2-4,9-10H2,1H3. The number of likely N-dealkylation sites (tertiary alicyclic amines) is 1. The van der Waals surface area contributed by atoms with Gasteiger partial charge < -0.3 is 5.11 Å². The highest BCUT2D eigenvalue weighted by Crippen LogP contribution is 2.24. The smallest absolute Gasteiger partial charge is 0.258 e. The van der Waals surface area contributed by atoms with Crippen molar-refractivity contribution in [3.8, 4) is 0 Å². The summed E-state index contributed by atoms with van der Waals surface area (Å²) < 4.78 is 1.45. The molecule has 1 aliphatic heterocycles. The number of piperidine rings is 1. The Balaban J connectivity index is 1.93. The highest BCUT2D eigenvalue weighted by Gasteiger charge is 2.27. The van der Waals surface area contributed by atoms with E-state index < -0.39 is 0 Å². The van der Waals surface area contributed by atoms with E-state index in [-0.39, 0.29) is 18.2 Å². The van der Waals surface area contributed by atoms with Crippen molar-refractivity contribution in [1.29, 1.82) is 0 Å². The fourth-order valence-electron chi connectivity index (χ4n) is 3.22. The lowest BCUT2D eigenvalue weighted by atomic mass is 9.96. The minimum atomic E-state index is -0.132. The molecule has 3 rings (SSSR count). The molecular formula is C16H20ClN3O2. The van der Waals surface area contributed by atoms with E-state index in [1.165, 1.54) is 4.40 Å². The molecule has 0 radical (unpaired) electrons. The average molecular weight is 322 g/mol. The molecule has 0 aromatic carbocycles. The third kappa shape index (κ3) is 3.02. The van der Waals surface area contributed by atoms with Crippen molar-refractivity contribution in [1.82, 2.24) is 14.3 Å². The minimum absolute atomic E-state index is 0.132. The Labute approximate surface area is 134 Å². The zero-order valence-corrected chi connectivity index (χ0v) is 13.3. The highest BCUT2D eigenvalue weighted by molar-refractivity contribution is 6.30. The Morgan fingerprint density at radius 1 is 1.41 bits per heavy atom. The number of aliphatic hydroxyl groups excluding tert-OH is 1. The Hall–Kier alpha value is -1.43. The van der Waals surface area contributed by atoms with Crippen LogP contribution in [-0.4, -0.2) is 38.1 Å². The number of aromatic nitrogens is 2. The van der Waals surface area contributed by atoms with Crippen LogP contribution in [0.3, 0.4) is 0 Å². The number of rotatable bonds is 3. The maximum Gasteiger partial charge on any atom is 0.258 e. The number of pyridine rings is 1. The van der Waals surface area contributed by atoms with Crippen LogP contribution in [0.25, 0.3) is 5.65 Å². The number of fused-ring (bicyclic) bond motifs is 1. The summed E-state index contributed by atoms with van der Waals surface area (Å²) in [4.78, 5) is 19.0. The normalized spacial score (nSPS) is 23.0. The van der Waals surface area contributed by atoms with E-state index in [1.807, 2.05) is 0 Å². The molecule has 0 bridgehead atoms. The monoisotopic (exact) mass is 321 g/mol. The summed E-state index contributed by atoms with van der Waals surface area (Å²) in [5.41, 5.74) is 1.20. The van der Waals surface area contributed by atoms with Crippen molar-refractivity contribution >= 4 is 17.2 Å². The van der Waals surface area contributed by atoms with Crippen LogP contribution >= 0.6 is 11.6 Å². The molecule has 5 nitrogen and oxygen atoms in total. The van der Waals surface area contributed by atoms with Gasteiger partial charge in [-0.15, -0.1) is 0 Å². The van der Waals surface area contributed by atoms with Crippen LogP contribution in [-0.2, 0) is 6.54 Å². The van der Waals surface area contributed by atoms with Crippen molar-refractivity contribution in [2.75, 3.05) is 6.61 Å². The van der Waals surface area contributed by atoms with Crippen LogP contribution in [0.1, 0.15) is 31.9 Å². The number of halogens is 1. The number of hydrogen-bond acceptors (Lipinski definition) is 4. The van der Waals surface area contributed by atoms with Gasteiger partial charge in [0.1, 0.15) is 5.65 Å². The molecule has 0 amide bonds. The van der Waals surface area contributed by atoms with Crippen LogP contribution in [0, 0.1) is 0 Å². The van der Waals surface area contributed by atoms with E-state index >= 15 is 0 Å². The molecule has 1 fully saturated rings. The van der Waals surface area contributed by atoms with E-state index in [1.54, 1.807) is 24.4 Å². The third-order valence-corrected chi connectivity index (χ3v) is 4.65. The van der Waals surface area contributed by atoms with Crippen molar-refractivity contribution < 1.29 is 5.11 Å². The number of nitrogens with zero attached hydrogens (tertiary/aromatic N) is 3. The first-order valence-corrected chi connectivity index (χ1v) is 8.00. The lowest BCUT2D eigenvalue weighted by Gasteiger charge is -2.39. The summed E-state index contributed by atoms with van der Waals surface area (Å²) >= 11 is 5.92. The van der Waals surface area contributed by atoms with Gasteiger partial charge in [0.2, 0.25) is 0 Å². The molecule has 2 atom stereocenters. The maximum atomic E-state index is 12.2. The van der Waals surface area contributed by atoms with Crippen LogP contribution in [0.15, 0.2) is 29.2 Å². The Kier molecular flexibility index (Phi) is 4.47. The van der Waals surface area contributed by atoms with Gasteiger partial charge in [-0.25, -0.2) is 4.98 Å². The lowest BCUT2D eigenvalue weighted by Crippen LogP contribution is -2.46. The van der Waals surface area contributed by atoms with E-state index in [0.29, 0.717) is 23.3 Å². The fraction of sp³-hybridized carbons (Fsp3) is 0.500. The lowest BCUT2D eigenvalue weighted by molar-refractivity contribution is 0.0442. The molecule has 0 saturated carbocycles. The Morgan fingerprint density at radius 2 is 2.23 bits per heavy atom. The van der Waals surface area contributed by atoms with Gasteiger partial charge in [0.15, 0.2) is 0 Å². The maximum absolute atomic E-state index is 12.2. The largest absolute Gasteiger partial charge is 0.395 e. The Morgan fingerprint density at radius 3 is 3.00 bits per heavy atom. The summed E-state index contributed by atoms with van der Waals surface area (Å²) in [6.07, 6.45) is 4.81. The van der Waals surface area contributed by atoms with Crippen LogP contribution in [0.4, 0.5) is 0 Å². The highest BCUT2D eigenvalue weighted by atomic mass is 35.5. The molecule has 2 unspecified atom stereocenters. The predicted octanol–water partition coefficient (Wildman–Crippen LogP) is 2.08. The SMILES string of the molecule is CC1CCCC(CO)N1Cc1cc(=O)n2cc(Cl)ccc2n1. The first-order valence-electron chi connectivity index (χ1n) is 7.63. The van der Waals surface area contributed by atoms with Crippen LogP contribution < -0.4 is 5.56 Å². The van der Waals surface area contributed by atoms with Crippen LogP contribution in [0.5, 0.6) is 0 Å². The molecule has 0 spiro atoms. The minimum Gasteiger partial charge on any atom is -0.395 e.